The maximum Gasteiger partial charge on any atom is 0.170 e. The summed E-state index contributed by atoms with van der Waals surface area (Å²) >= 11 is 1.53. The summed E-state index contributed by atoms with van der Waals surface area (Å²) in [6.45, 7) is 2.41. The van der Waals surface area contributed by atoms with Gasteiger partial charge in [-0.05, 0) is 41.5 Å². The third kappa shape index (κ3) is 2.45. The molecule has 4 aromatic rings. The van der Waals surface area contributed by atoms with E-state index in [4.69, 9.17) is 5.11 Å². The first kappa shape index (κ1) is 14.9. The number of rotatable bonds is 4. The molecular formula is C16H14N6OS. The summed E-state index contributed by atoms with van der Waals surface area (Å²) in [5, 5.41) is 25.2. The smallest absolute Gasteiger partial charge is 0.170 e. The van der Waals surface area contributed by atoms with Crippen molar-refractivity contribution >= 4 is 37.6 Å². The molecule has 0 atom stereocenters. The Morgan fingerprint density at radius 2 is 2.04 bits per heavy atom. The van der Waals surface area contributed by atoms with Crippen LogP contribution in [-0.2, 0) is 0 Å². The van der Waals surface area contributed by atoms with Gasteiger partial charge in [0.05, 0.1) is 6.61 Å². The molecule has 0 fully saturated rings. The summed E-state index contributed by atoms with van der Waals surface area (Å²) in [6.07, 6.45) is 3.54. The second-order valence-electron chi connectivity index (χ2n) is 5.30. The number of anilines is 1. The molecule has 2 N–H and O–H groups in total. The number of aliphatic hydroxyl groups is 1. The molecule has 0 spiro atoms. The fourth-order valence-corrected chi connectivity index (χ4v) is 3.81. The number of aliphatic hydroxyl groups excluding tert-OH is 1. The molecule has 8 heteroatoms. The van der Waals surface area contributed by atoms with E-state index < -0.39 is 0 Å². The number of aryl methyl sites for hydroxylation is 1. The highest BCUT2D eigenvalue weighted by molar-refractivity contribution is 7.26. The predicted octanol–water partition coefficient (Wildman–Crippen LogP) is 2.41. The molecule has 0 bridgehead atoms. The molecule has 0 aliphatic rings. The Morgan fingerprint density at radius 3 is 2.83 bits per heavy atom. The Bertz CT molecular complexity index is 1020. The zero-order chi connectivity index (χ0) is 16.5. The molecule has 0 unspecified atom stereocenters. The zero-order valence-electron chi connectivity index (χ0n) is 12.9. The van der Waals surface area contributed by atoms with Gasteiger partial charge in [0.25, 0.3) is 0 Å². The topological polar surface area (TPSA) is 96.7 Å². The normalized spacial score (nSPS) is 11.2. The molecule has 0 radical (unpaired) electrons. The van der Waals surface area contributed by atoms with Crippen molar-refractivity contribution in [3.8, 4) is 11.1 Å². The summed E-state index contributed by atoms with van der Waals surface area (Å²) in [5.74, 6) is 0.621. The predicted molar refractivity (Wildman–Crippen MR) is 94.1 cm³/mol. The van der Waals surface area contributed by atoms with Crippen molar-refractivity contribution in [3.63, 3.8) is 0 Å². The standard InChI is InChI=1S/C16H14N6OS/c1-9-8-11(10-2-4-17-5-3-10)12-13-14(24-16(12)19-9)15(18-6-7-23)21-22-20-13/h2-5,8,23H,6-7H2,1H3,(H,18,20,21). The van der Waals surface area contributed by atoms with Gasteiger partial charge in [-0.25, -0.2) is 4.98 Å². The first-order valence-electron chi connectivity index (χ1n) is 7.46. The van der Waals surface area contributed by atoms with Crippen LogP contribution in [0.3, 0.4) is 0 Å². The maximum absolute atomic E-state index is 9.03. The van der Waals surface area contributed by atoms with Crippen molar-refractivity contribution in [2.75, 3.05) is 18.5 Å². The molecule has 4 rings (SSSR count). The van der Waals surface area contributed by atoms with Crippen LogP contribution in [-0.4, -0.2) is 43.6 Å². The molecule has 4 aromatic heterocycles. The van der Waals surface area contributed by atoms with Gasteiger partial charge in [-0.2, -0.15) is 0 Å². The van der Waals surface area contributed by atoms with Crippen molar-refractivity contribution in [2.24, 2.45) is 0 Å². The molecule has 0 amide bonds. The Labute approximate surface area is 141 Å². The summed E-state index contributed by atoms with van der Waals surface area (Å²) in [7, 11) is 0. The highest BCUT2D eigenvalue weighted by Gasteiger charge is 2.17. The van der Waals surface area contributed by atoms with E-state index in [9.17, 15) is 0 Å². The van der Waals surface area contributed by atoms with Crippen molar-refractivity contribution < 1.29 is 5.11 Å². The van der Waals surface area contributed by atoms with Gasteiger partial charge in [0, 0.05) is 30.0 Å². The van der Waals surface area contributed by atoms with Crippen LogP contribution in [0.2, 0.25) is 0 Å². The lowest BCUT2D eigenvalue weighted by Crippen LogP contribution is -2.08. The minimum Gasteiger partial charge on any atom is -0.395 e. The van der Waals surface area contributed by atoms with Gasteiger partial charge < -0.3 is 10.4 Å². The highest BCUT2D eigenvalue weighted by atomic mass is 32.1. The number of fused-ring (bicyclic) bond motifs is 3. The average Bonchev–Trinajstić information content (AvgIpc) is 2.98. The fraction of sp³-hybridized carbons (Fsp3) is 0.188. The molecule has 120 valence electrons. The Balaban J connectivity index is 2.04. The molecule has 0 aliphatic carbocycles. The van der Waals surface area contributed by atoms with Gasteiger partial charge in [-0.1, -0.05) is 0 Å². The van der Waals surface area contributed by atoms with E-state index in [-0.39, 0.29) is 6.61 Å². The Hall–Kier alpha value is -2.71. The van der Waals surface area contributed by atoms with Crippen LogP contribution in [0.4, 0.5) is 5.82 Å². The van der Waals surface area contributed by atoms with Gasteiger partial charge in [-0.3, -0.25) is 4.98 Å². The van der Waals surface area contributed by atoms with E-state index in [1.54, 1.807) is 12.4 Å². The van der Waals surface area contributed by atoms with Crippen LogP contribution in [0, 0.1) is 6.92 Å². The largest absolute Gasteiger partial charge is 0.395 e. The second kappa shape index (κ2) is 6.06. The van der Waals surface area contributed by atoms with Crippen molar-refractivity contribution in [2.45, 2.75) is 6.92 Å². The summed E-state index contributed by atoms with van der Waals surface area (Å²) in [4.78, 5) is 9.63. The summed E-state index contributed by atoms with van der Waals surface area (Å²) in [6, 6.07) is 5.99. The van der Waals surface area contributed by atoms with Gasteiger partial charge in [0.15, 0.2) is 5.82 Å². The van der Waals surface area contributed by atoms with Crippen LogP contribution in [0.1, 0.15) is 5.69 Å². The van der Waals surface area contributed by atoms with Crippen LogP contribution in [0.15, 0.2) is 30.6 Å². The van der Waals surface area contributed by atoms with Crippen LogP contribution < -0.4 is 5.32 Å². The number of nitrogens with zero attached hydrogens (tertiary/aromatic N) is 5. The van der Waals surface area contributed by atoms with E-state index in [1.807, 2.05) is 25.1 Å². The maximum atomic E-state index is 9.03. The zero-order valence-corrected chi connectivity index (χ0v) is 13.7. The first-order valence-corrected chi connectivity index (χ1v) is 8.28. The van der Waals surface area contributed by atoms with Crippen LogP contribution in [0.5, 0.6) is 0 Å². The minimum absolute atomic E-state index is 0.0238. The lowest BCUT2D eigenvalue weighted by Gasteiger charge is -2.05. The van der Waals surface area contributed by atoms with E-state index >= 15 is 0 Å². The van der Waals surface area contributed by atoms with Gasteiger partial charge in [0.1, 0.15) is 15.0 Å². The van der Waals surface area contributed by atoms with Gasteiger partial charge in [-0.15, -0.1) is 21.5 Å². The second-order valence-corrected chi connectivity index (χ2v) is 6.29. The number of hydrogen-bond donors (Lipinski definition) is 2. The molecule has 0 saturated carbocycles. The molecule has 0 saturated heterocycles. The van der Waals surface area contributed by atoms with Crippen LogP contribution in [0.25, 0.3) is 31.6 Å². The van der Waals surface area contributed by atoms with Crippen LogP contribution >= 0.6 is 11.3 Å². The van der Waals surface area contributed by atoms with E-state index in [0.29, 0.717) is 12.4 Å². The number of aromatic nitrogens is 5. The van der Waals surface area contributed by atoms with E-state index in [2.05, 4.69) is 30.7 Å². The lowest BCUT2D eigenvalue weighted by molar-refractivity contribution is 0.311. The lowest BCUT2D eigenvalue weighted by atomic mass is 10.0. The average molecular weight is 338 g/mol. The number of thiophene rings is 1. The van der Waals surface area contributed by atoms with Crippen molar-refractivity contribution in [3.05, 3.63) is 36.3 Å². The molecule has 24 heavy (non-hydrogen) atoms. The van der Waals surface area contributed by atoms with E-state index in [0.717, 1.165) is 37.3 Å². The molecule has 0 aromatic carbocycles. The Kier molecular flexibility index (Phi) is 3.75. The van der Waals surface area contributed by atoms with Crippen molar-refractivity contribution in [1.82, 2.24) is 25.4 Å². The Morgan fingerprint density at radius 1 is 1.21 bits per heavy atom. The van der Waals surface area contributed by atoms with Gasteiger partial charge in [0.2, 0.25) is 0 Å². The summed E-state index contributed by atoms with van der Waals surface area (Å²) < 4.78 is 0.891. The molecule has 4 heterocycles. The quantitative estimate of drug-likeness (QED) is 0.590. The number of nitrogens with one attached hydrogen (secondary N) is 1. The number of pyridine rings is 2. The third-order valence-electron chi connectivity index (χ3n) is 3.67. The summed E-state index contributed by atoms with van der Waals surface area (Å²) in [5.41, 5.74) is 3.82. The minimum atomic E-state index is 0.0238. The highest BCUT2D eigenvalue weighted by Crippen LogP contribution is 2.40. The molecule has 7 nitrogen and oxygen atoms in total. The molecular weight excluding hydrogens is 324 g/mol. The molecule has 0 aliphatic heterocycles. The number of hydrogen-bond acceptors (Lipinski definition) is 8. The third-order valence-corrected chi connectivity index (χ3v) is 4.74. The van der Waals surface area contributed by atoms with Crippen molar-refractivity contribution in [1.29, 1.82) is 0 Å². The van der Waals surface area contributed by atoms with Gasteiger partial charge >= 0.3 is 0 Å². The first-order chi connectivity index (χ1) is 11.8. The SMILES string of the molecule is Cc1cc(-c2ccncc2)c2c(n1)sc1c(NCCO)nnnc12. The monoisotopic (exact) mass is 338 g/mol. The fourth-order valence-electron chi connectivity index (χ4n) is 2.67. The van der Waals surface area contributed by atoms with E-state index in [1.165, 1.54) is 11.3 Å².